The summed E-state index contributed by atoms with van der Waals surface area (Å²) >= 11 is 0. The molecule has 34 heavy (non-hydrogen) atoms. The maximum absolute atomic E-state index is 13.8. The average molecular weight is 477 g/mol. The minimum atomic E-state index is -4.03. The Morgan fingerprint density at radius 2 is 1.68 bits per heavy atom. The molecule has 0 bridgehead atoms. The molecule has 0 saturated heterocycles. The van der Waals surface area contributed by atoms with Gasteiger partial charge in [0.25, 0.3) is 15.9 Å². The number of nitrogens with one attached hydrogen (secondary N) is 2. The minimum absolute atomic E-state index is 0.179. The topological polar surface area (TPSA) is 101 Å². The molecular weight excluding hydrogens is 455 g/mol. The maximum atomic E-state index is 13.8. The van der Waals surface area contributed by atoms with Crippen molar-refractivity contribution in [3.05, 3.63) is 102 Å². The van der Waals surface area contributed by atoms with E-state index in [4.69, 9.17) is 0 Å². The first-order chi connectivity index (χ1) is 16.2. The van der Waals surface area contributed by atoms with Crippen molar-refractivity contribution < 1.29 is 17.6 Å². The van der Waals surface area contributed by atoms with Gasteiger partial charge in [-0.3, -0.25) is 9.52 Å². The molecule has 1 aromatic heterocycles. The molecule has 172 valence electrons. The second-order valence-corrected chi connectivity index (χ2v) is 9.30. The van der Waals surface area contributed by atoms with Crippen LogP contribution < -0.4 is 10.0 Å². The second kappa shape index (κ2) is 9.40. The Bertz CT molecular complexity index is 1490. The molecule has 0 spiro atoms. The van der Waals surface area contributed by atoms with Gasteiger partial charge < -0.3 is 5.32 Å². The summed E-state index contributed by atoms with van der Waals surface area (Å²) in [5, 5.41) is 2.81. The Hall–Kier alpha value is -4.11. The molecular formula is C25H21FN4O3S. The molecule has 4 aromatic rings. The summed E-state index contributed by atoms with van der Waals surface area (Å²) in [6, 6.07) is 18.7. The first-order valence-electron chi connectivity index (χ1n) is 10.3. The molecule has 1 amide bonds. The lowest BCUT2D eigenvalue weighted by Gasteiger charge is -2.11. The molecule has 7 nitrogen and oxygen atoms in total. The lowest BCUT2D eigenvalue weighted by atomic mass is 10.1. The van der Waals surface area contributed by atoms with Crippen LogP contribution in [0.1, 0.15) is 21.7 Å². The molecule has 0 radical (unpaired) electrons. The number of carbonyl (C=O) groups excluding carboxylic acids is 1. The first-order valence-corrected chi connectivity index (χ1v) is 11.8. The highest BCUT2D eigenvalue weighted by Gasteiger charge is 2.17. The van der Waals surface area contributed by atoms with E-state index in [1.54, 1.807) is 56.4 Å². The largest absolute Gasteiger partial charge is 0.322 e. The SMILES string of the molecule is Cc1nccc(-c2cccc(NC(=O)c3cccc(NS(=O)(=O)c4ccc(C)c(F)c4)c3)c2)n1. The van der Waals surface area contributed by atoms with Crippen molar-refractivity contribution in [2.75, 3.05) is 10.0 Å². The van der Waals surface area contributed by atoms with Crippen LogP contribution in [0.3, 0.4) is 0 Å². The van der Waals surface area contributed by atoms with E-state index in [1.807, 2.05) is 6.07 Å². The van der Waals surface area contributed by atoms with Gasteiger partial charge >= 0.3 is 0 Å². The third-order valence-corrected chi connectivity index (χ3v) is 6.40. The van der Waals surface area contributed by atoms with E-state index in [0.29, 0.717) is 17.1 Å². The highest BCUT2D eigenvalue weighted by molar-refractivity contribution is 7.92. The summed E-state index contributed by atoms with van der Waals surface area (Å²) in [6.07, 6.45) is 1.67. The van der Waals surface area contributed by atoms with E-state index in [1.165, 1.54) is 24.3 Å². The predicted molar refractivity (Wildman–Crippen MR) is 129 cm³/mol. The lowest BCUT2D eigenvalue weighted by Crippen LogP contribution is -2.15. The molecule has 3 aromatic carbocycles. The molecule has 0 aliphatic heterocycles. The van der Waals surface area contributed by atoms with Crippen LogP contribution in [0.2, 0.25) is 0 Å². The Morgan fingerprint density at radius 1 is 0.912 bits per heavy atom. The van der Waals surface area contributed by atoms with E-state index < -0.39 is 21.7 Å². The summed E-state index contributed by atoms with van der Waals surface area (Å²) in [5.74, 6) is -0.395. The number of benzene rings is 3. The van der Waals surface area contributed by atoms with E-state index in [9.17, 15) is 17.6 Å². The quantitative estimate of drug-likeness (QED) is 0.410. The summed E-state index contributed by atoms with van der Waals surface area (Å²) in [5.41, 5.74) is 2.87. The fourth-order valence-electron chi connectivity index (χ4n) is 3.26. The van der Waals surface area contributed by atoms with Gasteiger partial charge in [0.05, 0.1) is 10.6 Å². The third-order valence-electron chi connectivity index (χ3n) is 5.02. The van der Waals surface area contributed by atoms with Gasteiger partial charge in [0.1, 0.15) is 11.6 Å². The first kappa shape index (κ1) is 23.1. The summed E-state index contributed by atoms with van der Waals surface area (Å²) in [4.78, 5) is 21.1. The molecule has 0 aliphatic carbocycles. The zero-order valence-electron chi connectivity index (χ0n) is 18.4. The number of sulfonamides is 1. The number of hydrogen-bond acceptors (Lipinski definition) is 5. The molecule has 2 N–H and O–H groups in total. The number of anilines is 2. The standard InChI is InChI=1S/C25H21FN4O3S/c1-16-9-10-22(15-23(16)26)34(32,33)30-21-8-4-6-19(14-21)25(31)29-20-7-3-5-18(13-20)24-11-12-27-17(2)28-24/h3-15,30H,1-2H3,(H,29,31). The van der Waals surface area contributed by atoms with Crippen LogP contribution in [0.5, 0.6) is 0 Å². The third kappa shape index (κ3) is 5.26. The normalized spacial score (nSPS) is 11.1. The van der Waals surface area contributed by atoms with E-state index in [0.717, 1.165) is 17.3 Å². The Kier molecular flexibility index (Phi) is 6.38. The molecule has 4 rings (SSSR count). The van der Waals surface area contributed by atoms with Gasteiger partial charge in [0.15, 0.2) is 0 Å². The van der Waals surface area contributed by atoms with Gasteiger partial charge in [0.2, 0.25) is 0 Å². The van der Waals surface area contributed by atoms with Gasteiger partial charge in [-0.1, -0.05) is 24.3 Å². The van der Waals surface area contributed by atoms with Crippen LogP contribution in [0.15, 0.2) is 83.9 Å². The van der Waals surface area contributed by atoms with Crippen LogP contribution >= 0.6 is 0 Å². The predicted octanol–water partition coefficient (Wildman–Crippen LogP) is 4.95. The second-order valence-electron chi connectivity index (χ2n) is 7.62. The fraction of sp³-hybridized carbons (Fsp3) is 0.0800. The summed E-state index contributed by atoms with van der Waals surface area (Å²) in [7, 11) is -4.03. The zero-order chi connectivity index (χ0) is 24.3. The highest BCUT2D eigenvalue weighted by Crippen LogP contribution is 2.23. The Labute approximate surface area is 196 Å². The van der Waals surface area contributed by atoms with Crippen LogP contribution in [-0.4, -0.2) is 24.3 Å². The lowest BCUT2D eigenvalue weighted by molar-refractivity contribution is 0.102. The highest BCUT2D eigenvalue weighted by atomic mass is 32.2. The summed E-state index contributed by atoms with van der Waals surface area (Å²) in [6.45, 7) is 3.34. The number of carbonyl (C=O) groups is 1. The van der Waals surface area contributed by atoms with Crippen LogP contribution in [0.4, 0.5) is 15.8 Å². The molecule has 1 heterocycles. The van der Waals surface area contributed by atoms with Crippen molar-refractivity contribution in [1.82, 2.24) is 9.97 Å². The van der Waals surface area contributed by atoms with Crippen LogP contribution in [0, 0.1) is 19.7 Å². The average Bonchev–Trinajstić information content (AvgIpc) is 2.81. The van der Waals surface area contributed by atoms with Crippen molar-refractivity contribution in [2.45, 2.75) is 18.7 Å². The zero-order valence-corrected chi connectivity index (χ0v) is 19.2. The molecule has 0 fully saturated rings. The van der Waals surface area contributed by atoms with Gasteiger partial charge in [0, 0.05) is 28.7 Å². The van der Waals surface area contributed by atoms with Gasteiger partial charge in [-0.15, -0.1) is 0 Å². The number of amides is 1. The minimum Gasteiger partial charge on any atom is -0.322 e. The van der Waals surface area contributed by atoms with Crippen molar-refractivity contribution in [3.63, 3.8) is 0 Å². The van der Waals surface area contributed by atoms with Crippen LogP contribution in [-0.2, 0) is 10.0 Å². The van der Waals surface area contributed by atoms with E-state index in [2.05, 4.69) is 20.0 Å². The van der Waals surface area contributed by atoms with Gasteiger partial charge in [-0.2, -0.15) is 0 Å². The molecule has 0 unspecified atom stereocenters. The number of halogens is 1. The Balaban J connectivity index is 1.52. The number of aryl methyl sites for hydroxylation is 2. The van der Waals surface area contributed by atoms with Gasteiger partial charge in [-0.25, -0.2) is 22.8 Å². The number of aromatic nitrogens is 2. The van der Waals surface area contributed by atoms with Crippen molar-refractivity contribution >= 4 is 27.3 Å². The fourth-order valence-corrected chi connectivity index (χ4v) is 4.32. The molecule has 0 atom stereocenters. The molecule has 9 heteroatoms. The van der Waals surface area contributed by atoms with E-state index >= 15 is 0 Å². The van der Waals surface area contributed by atoms with Crippen LogP contribution in [0.25, 0.3) is 11.3 Å². The number of nitrogens with zero attached hydrogens (tertiary/aromatic N) is 2. The maximum Gasteiger partial charge on any atom is 0.261 e. The van der Waals surface area contributed by atoms with Gasteiger partial charge in [-0.05, 0) is 67.9 Å². The van der Waals surface area contributed by atoms with Crippen molar-refractivity contribution in [1.29, 1.82) is 0 Å². The van der Waals surface area contributed by atoms with Crippen molar-refractivity contribution in [2.24, 2.45) is 0 Å². The van der Waals surface area contributed by atoms with E-state index in [-0.39, 0.29) is 16.1 Å². The Morgan fingerprint density at radius 3 is 2.44 bits per heavy atom. The molecule has 0 aliphatic rings. The smallest absolute Gasteiger partial charge is 0.261 e. The molecule has 0 saturated carbocycles. The van der Waals surface area contributed by atoms with Crippen molar-refractivity contribution in [3.8, 4) is 11.3 Å². The number of hydrogen-bond donors (Lipinski definition) is 2. The summed E-state index contributed by atoms with van der Waals surface area (Å²) < 4.78 is 41.5. The number of rotatable bonds is 6. The monoisotopic (exact) mass is 476 g/mol.